The number of oxime groups is 1. The Morgan fingerprint density at radius 2 is 2.17 bits per heavy atom. The van der Waals surface area contributed by atoms with Gasteiger partial charge in [-0.1, -0.05) is 5.16 Å². The van der Waals surface area contributed by atoms with Crippen molar-refractivity contribution in [3.05, 3.63) is 22.3 Å². The first kappa shape index (κ1) is 20.6. The maximum atomic E-state index is 12.7. The van der Waals surface area contributed by atoms with Crippen molar-refractivity contribution < 1.29 is 34.2 Å². The number of thiazole rings is 1. The topological polar surface area (TPSA) is 185 Å². The molecule has 0 bridgehead atoms. The van der Waals surface area contributed by atoms with Gasteiger partial charge < -0.3 is 26.1 Å². The quantitative estimate of drug-likeness (QED) is 0.239. The summed E-state index contributed by atoms with van der Waals surface area (Å²) in [5.74, 6) is -3.52. The number of amides is 2. The minimum Gasteiger partial charge on any atom is -0.479 e. The van der Waals surface area contributed by atoms with E-state index in [4.69, 9.17) is 10.8 Å². The molecule has 1 saturated heterocycles. The Morgan fingerprint density at radius 1 is 1.45 bits per heavy atom. The molecule has 2 atom stereocenters. The highest BCUT2D eigenvalue weighted by Gasteiger charge is 2.54. The zero-order valence-corrected chi connectivity index (χ0v) is 16.5. The van der Waals surface area contributed by atoms with E-state index in [2.05, 4.69) is 20.3 Å². The first-order valence-electron chi connectivity index (χ1n) is 8.02. The summed E-state index contributed by atoms with van der Waals surface area (Å²) in [7, 11) is 0. The fourth-order valence-corrected chi connectivity index (χ4v) is 4.58. The molecule has 1 fully saturated rings. The summed E-state index contributed by atoms with van der Waals surface area (Å²) in [5.41, 5.74) is 5.73. The summed E-state index contributed by atoms with van der Waals surface area (Å²) < 4.78 is 0. The van der Waals surface area contributed by atoms with Crippen LogP contribution in [0.2, 0.25) is 0 Å². The van der Waals surface area contributed by atoms with Crippen molar-refractivity contribution in [1.82, 2.24) is 15.2 Å². The molecule has 1 unspecified atom stereocenters. The summed E-state index contributed by atoms with van der Waals surface area (Å²) in [6, 6.07) is -0.976. The van der Waals surface area contributed by atoms with E-state index in [0.717, 1.165) is 16.2 Å². The lowest BCUT2D eigenvalue weighted by molar-refractivity contribution is -0.150. The molecule has 5 N–H and O–H groups in total. The minimum atomic E-state index is -1.29. The second-order valence-electron chi connectivity index (χ2n) is 5.97. The molecule has 154 valence electrons. The van der Waals surface area contributed by atoms with E-state index < -0.39 is 41.8 Å². The van der Waals surface area contributed by atoms with Gasteiger partial charge in [0.25, 0.3) is 11.8 Å². The van der Waals surface area contributed by atoms with Crippen LogP contribution in [-0.4, -0.2) is 73.3 Å². The van der Waals surface area contributed by atoms with Gasteiger partial charge in [-0.3, -0.25) is 14.5 Å². The van der Waals surface area contributed by atoms with Gasteiger partial charge in [0.1, 0.15) is 22.8 Å². The zero-order chi connectivity index (χ0) is 21.3. The van der Waals surface area contributed by atoms with E-state index in [1.165, 1.54) is 17.1 Å². The standard InChI is InChI=1S/C15H15N5O7S2/c1-5-3-28-13-9(12(24)20(13)10(5)14(25)26)18-11(23)8(19-27-2-7(21)22)6-4-29-15(16)17-6/h4,9,13H,2-3H2,1H3,(H2,16,17)(H,18,23)(H,21,22)(H,25,26)/t9?,13-/m1/s1. The third-order valence-corrected chi connectivity index (χ3v) is 6.07. The molecule has 2 aliphatic rings. The molecule has 0 aromatic carbocycles. The lowest BCUT2D eigenvalue weighted by atomic mass is 10.0. The molecule has 1 aromatic rings. The zero-order valence-electron chi connectivity index (χ0n) is 14.8. The van der Waals surface area contributed by atoms with Gasteiger partial charge in [-0.25, -0.2) is 14.6 Å². The molecule has 0 spiro atoms. The number of thioether (sulfide) groups is 1. The van der Waals surface area contributed by atoms with Gasteiger partial charge in [-0.05, 0) is 12.5 Å². The van der Waals surface area contributed by atoms with E-state index in [0.29, 0.717) is 11.3 Å². The first-order chi connectivity index (χ1) is 13.7. The number of nitrogens with zero attached hydrogens (tertiary/aromatic N) is 3. The van der Waals surface area contributed by atoms with Gasteiger partial charge in [-0.2, -0.15) is 0 Å². The number of aliphatic carboxylic acids is 2. The number of rotatable bonds is 7. The number of nitrogen functional groups attached to an aromatic ring is 1. The smallest absolute Gasteiger partial charge is 0.352 e. The average molecular weight is 441 g/mol. The fraction of sp³-hybridized carbons (Fsp3) is 0.333. The Morgan fingerprint density at radius 3 is 2.76 bits per heavy atom. The summed E-state index contributed by atoms with van der Waals surface area (Å²) in [6.07, 6.45) is 0. The number of carboxylic acids is 2. The Kier molecular flexibility index (Phi) is 5.74. The molecule has 3 heterocycles. The lowest BCUT2D eigenvalue weighted by Gasteiger charge is -2.49. The van der Waals surface area contributed by atoms with Gasteiger partial charge in [0.2, 0.25) is 6.61 Å². The third kappa shape index (κ3) is 4.02. The van der Waals surface area contributed by atoms with Crippen LogP contribution in [0.15, 0.2) is 21.8 Å². The molecule has 0 aliphatic carbocycles. The van der Waals surface area contributed by atoms with Crippen molar-refractivity contribution in [3.8, 4) is 0 Å². The Bertz CT molecular complexity index is 957. The van der Waals surface area contributed by atoms with Crippen LogP contribution in [0.5, 0.6) is 0 Å². The van der Waals surface area contributed by atoms with E-state index >= 15 is 0 Å². The highest BCUT2D eigenvalue weighted by Crippen LogP contribution is 2.40. The predicted molar refractivity (Wildman–Crippen MR) is 102 cm³/mol. The molecule has 1 aromatic heterocycles. The highest BCUT2D eigenvalue weighted by molar-refractivity contribution is 8.00. The van der Waals surface area contributed by atoms with Gasteiger partial charge in [0, 0.05) is 11.1 Å². The molecular weight excluding hydrogens is 426 g/mol. The monoisotopic (exact) mass is 441 g/mol. The van der Waals surface area contributed by atoms with Crippen LogP contribution in [0.1, 0.15) is 12.6 Å². The van der Waals surface area contributed by atoms with Crippen LogP contribution in [0, 0.1) is 0 Å². The number of hydrogen-bond acceptors (Lipinski definition) is 10. The average Bonchev–Trinajstić information content (AvgIpc) is 3.08. The number of nitrogens with two attached hydrogens (primary N) is 1. The molecular formula is C15H15N5O7S2. The SMILES string of the molecule is CC1=C(C(=O)O)N2C(=O)C(NC(=O)C(=NOCC(=O)O)c3csc(N)n3)[C@H]2SC1. The normalized spacial score (nSPS) is 21.3. The molecule has 0 saturated carbocycles. The second kappa shape index (κ2) is 8.08. The van der Waals surface area contributed by atoms with Crippen molar-refractivity contribution in [2.24, 2.45) is 5.16 Å². The van der Waals surface area contributed by atoms with E-state index in [1.54, 1.807) is 6.92 Å². The van der Waals surface area contributed by atoms with Crippen molar-refractivity contribution in [3.63, 3.8) is 0 Å². The summed E-state index contributed by atoms with van der Waals surface area (Å²) >= 11 is 2.35. The third-order valence-electron chi connectivity index (χ3n) is 3.97. The molecule has 3 rings (SSSR count). The highest BCUT2D eigenvalue weighted by atomic mass is 32.2. The maximum Gasteiger partial charge on any atom is 0.352 e. The van der Waals surface area contributed by atoms with E-state index in [1.807, 2.05) is 0 Å². The number of nitrogens with one attached hydrogen (secondary N) is 1. The number of carboxylic acid groups (broad SMARTS) is 2. The fourth-order valence-electron chi connectivity index (χ4n) is 2.74. The molecule has 12 nitrogen and oxygen atoms in total. The molecule has 29 heavy (non-hydrogen) atoms. The van der Waals surface area contributed by atoms with Crippen molar-refractivity contribution in [1.29, 1.82) is 0 Å². The van der Waals surface area contributed by atoms with E-state index in [-0.39, 0.29) is 22.2 Å². The molecule has 0 radical (unpaired) electrons. The van der Waals surface area contributed by atoms with Gasteiger partial charge in [0.15, 0.2) is 10.8 Å². The predicted octanol–water partition coefficient (Wildman–Crippen LogP) is -0.711. The molecule has 2 aliphatic heterocycles. The second-order valence-corrected chi connectivity index (χ2v) is 7.97. The number of anilines is 1. The molecule has 2 amide bonds. The van der Waals surface area contributed by atoms with E-state index in [9.17, 15) is 24.3 Å². The van der Waals surface area contributed by atoms with Crippen LogP contribution in [-0.2, 0) is 24.0 Å². The minimum absolute atomic E-state index is 0.0530. The number of hydrogen-bond donors (Lipinski definition) is 4. The Hall–Kier alpha value is -3.13. The summed E-state index contributed by atoms with van der Waals surface area (Å²) in [4.78, 5) is 56.9. The number of aromatic nitrogens is 1. The number of carbonyl (C=O) groups excluding carboxylic acids is 2. The molecule has 14 heteroatoms. The van der Waals surface area contributed by atoms with Gasteiger partial charge in [0.05, 0.1) is 0 Å². The summed E-state index contributed by atoms with van der Waals surface area (Å²) in [5, 5.41) is 25.0. The Balaban J connectivity index is 1.78. The lowest BCUT2D eigenvalue weighted by Crippen LogP contribution is -2.71. The largest absolute Gasteiger partial charge is 0.479 e. The van der Waals surface area contributed by atoms with Crippen molar-refractivity contribution >= 4 is 57.7 Å². The van der Waals surface area contributed by atoms with Crippen LogP contribution >= 0.6 is 23.1 Å². The van der Waals surface area contributed by atoms with Gasteiger partial charge in [-0.15, -0.1) is 23.1 Å². The van der Waals surface area contributed by atoms with Gasteiger partial charge >= 0.3 is 11.9 Å². The first-order valence-corrected chi connectivity index (χ1v) is 9.95. The van der Waals surface area contributed by atoms with Crippen LogP contribution in [0.4, 0.5) is 5.13 Å². The number of carbonyl (C=O) groups is 4. The van der Waals surface area contributed by atoms with Crippen LogP contribution < -0.4 is 11.1 Å². The number of β-lactam (4-membered cyclic amide) rings is 1. The maximum absolute atomic E-state index is 12.7. The Labute approximate surface area is 171 Å². The van der Waals surface area contributed by atoms with Crippen LogP contribution in [0.25, 0.3) is 0 Å². The van der Waals surface area contributed by atoms with Crippen molar-refractivity contribution in [2.75, 3.05) is 18.1 Å². The van der Waals surface area contributed by atoms with Crippen LogP contribution in [0.3, 0.4) is 0 Å². The number of fused-ring (bicyclic) bond motifs is 1. The summed E-state index contributed by atoms with van der Waals surface area (Å²) in [6.45, 7) is 0.847. The van der Waals surface area contributed by atoms with Crippen molar-refractivity contribution in [2.45, 2.75) is 18.3 Å².